The van der Waals surface area contributed by atoms with Crippen LogP contribution in [0.25, 0.3) is 10.9 Å². The molecule has 0 bridgehead atoms. The van der Waals surface area contributed by atoms with Crippen LogP contribution < -0.4 is 20.3 Å². The number of nitrogens with zero attached hydrogens (tertiary/aromatic N) is 3. The van der Waals surface area contributed by atoms with Crippen LogP contribution in [0.1, 0.15) is 38.1 Å². The third-order valence-electron chi connectivity index (χ3n) is 5.69. The summed E-state index contributed by atoms with van der Waals surface area (Å²) in [4.78, 5) is 30.4. The SMILES string of the molecule is CCCCc1nc2ccc(Br)cc2c(=O)n1N=Cc1cc(Cl)c(OCC(=O)Nc2ccccc2)c(OCC)c1. The van der Waals surface area contributed by atoms with Crippen molar-refractivity contribution < 1.29 is 14.3 Å². The number of carbonyl (C=O) groups is 1. The third-order valence-corrected chi connectivity index (χ3v) is 6.46. The molecule has 202 valence electrons. The lowest BCUT2D eigenvalue weighted by atomic mass is 10.2. The first-order chi connectivity index (χ1) is 18.9. The zero-order valence-corrected chi connectivity index (χ0v) is 24.0. The molecule has 3 aromatic carbocycles. The van der Waals surface area contributed by atoms with Crippen LogP contribution in [-0.2, 0) is 11.2 Å². The molecule has 0 aliphatic rings. The number of rotatable bonds is 11. The second-order valence-electron chi connectivity index (χ2n) is 8.62. The van der Waals surface area contributed by atoms with E-state index in [0.29, 0.717) is 46.8 Å². The molecule has 0 aliphatic heterocycles. The average molecular weight is 612 g/mol. The Bertz CT molecular complexity index is 1560. The highest BCUT2D eigenvalue weighted by Crippen LogP contribution is 2.36. The summed E-state index contributed by atoms with van der Waals surface area (Å²) in [5.74, 6) is 0.850. The van der Waals surface area contributed by atoms with Gasteiger partial charge in [0, 0.05) is 16.6 Å². The molecule has 0 saturated heterocycles. The molecule has 1 heterocycles. The Morgan fingerprint density at radius 2 is 1.92 bits per heavy atom. The standard InChI is InChI=1S/C29H28BrClN4O4/c1-3-5-11-26-34-24-13-12-20(30)16-22(24)29(37)35(26)32-17-19-14-23(31)28(25(15-19)38-4-2)39-18-27(36)33-21-9-7-6-8-10-21/h6-10,12-17H,3-5,11,18H2,1-2H3,(H,33,36). The van der Waals surface area contributed by atoms with Crippen LogP contribution in [0.3, 0.4) is 0 Å². The van der Waals surface area contributed by atoms with Gasteiger partial charge < -0.3 is 14.8 Å². The second-order valence-corrected chi connectivity index (χ2v) is 9.94. The number of hydrogen-bond acceptors (Lipinski definition) is 6. The Balaban J connectivity index is 1.61. The summed E-state index contributed by atoms with van der Waals surface area (Å²) in [6, 6.07) is 17.8. The molecule has 10 heteroatoms. The van der Waals surface area contributed by atoms with E-state index in [-0.39, 0.29) is 28.8 Å². The van der Waals surface area contributed by atoms with E-state index in [4.69, 9.17) is 26.1 Å². The number of fused-ring (bicyclic) bond motifs is 1. The van der Waals surface area contributed by atoms with E-state index in [1.807, 2.05) is 37.3 Å². The van der Waals surface area contributed by atoms with Gasteiger partial charge in [-0.15, -0.1) is 0 Å². The zero-order chi connectivity index (χ0) is 27.8. The Kier molecular flexibility index (Phi) is 9.73. The van der Waals surface area contributed by atoms with Crippen LogP contribution >= 0.6 is 27.5 Å². The fraction of sp³-hybridized carbons (Fsp3) is 0.241. The van der Waals surface area contributed by atoms with Crippen LogP contribution in [0, 0.1) is 0 Å². The van der Waals surface area contributed by atoms with Gasteiger partial charge in [0.25, 0.3) is 11.5 Å². The Morgan fingerprint density at radius 1 is 1.13 bits per heavy atom. The molecular weight excluding hydrogens is 584 g/mol. The van der Waals surface area contributed by atoms with Crippen LogP contribution in [-0.4, -0.2) is 35.0 Å². The van der Waals surface area contributed by atoms with Gasteiger partial charge in [-0.2, -0.15) is 9.78 Å². The molecular formula is C29H28BrClN4O4. The van der Waals surface area contributed by atoms with Crippen molar-refractivity contribution in [3.05, 3.63) is 91.9 Å². The third kappa shape index (κ3) is 7.25. The fourth-order valence-corrected chi connectivity index (χ4v) is 4.49. The Hall–Kier alpha value is -3.69. The molecule has 8 nitrogen and oxygen atoms in total. The number of ether oxygens (including phenoxy) is 2. The minimum atomic E-state index is -0.334. The molecule has 4 aromatic rings. The molecule has 4 rings (SSSR count). The smallest absolute Gasteiger partial charge is 0.282 e. The molecule has 0 radical (unpaired) electrons. The first-order valence-electron chi connectivity index (χ1n) is 12.6. The monoisotopic (exact) mass is 610 g/mol. The van der Waals surface area contributed by atoms with Crippen LogP contribution in [0.4, 0.5) is 5.69 Å². The van der Waals surface area contributed by atoms with E-state index < -0.39 is 0 Å². The van der Waals surface area contributed by atoms with Gasteiger partial charge in [0.15, 0.2) is 18.1 Å². The minimum Gasteiger partial charge on any atom is -0.490 e. The largest absolute Gasteiger partial charge is 0.490 e. The van der Waals surface area contributed by atoms with E-state index in [2.05, 4.69) is 33.3 Å². The second kappa shape index (κ2) is 13.4. The Labute approximate surface area is 239 Å². The topological polar surface area (TPSA) is 94.8 Å². The van der Waals surface area contributed by atoms with Crippen molar-refractivity contribution in [1.29, 1.82) is 0 Å². The summed E-state index contributed by atoms with van der Waals surface area (Å²) in [5.41, 5.74) is 1.62. The van der Waals surface area contributed by atoms with Crippen LogP contribution in [0.5, 0.6) is 11.5 Å². The maximum atomic E-state index is 13.3. The van der Waals surface area contributed by atoms with Crippen molar-refractivity contribution in [2.45, 2.75) is 33.1 Å². The molecule has 1 N–H and O–H groups in total. The lowest BCUT2D eigenvalue weighted by Gasteiger charge is -2.14. The van der Waals surface area contributed by atoms with E-state index in [0.717, 1.165) is 17.3 Å². The molecule has 1 aromatic heterocycles. The maximum absolute atomic E-state index is 13.3. The van der Waals surface area contributed by atoms with E-state index in [9.17, 15) is 9.59 Å². The van der Waals surface area contributed by atoms with E-state index >= 15 is 0 Å². The number of unbranched alkanes of at least 4 members (excludes halogenated alkanes) is 1. The van der Waals surface area contributed by atoms with Gasteiger partial charge in [0.05, 0.1) is 28.7 Å². The van der Waals surface area contributed by atoms with Crippen LogP contribution in [0.15, 0.2) is 75.0 Å². The number of hydrogen-bond donors (Lipinski definition) is 1. The molecule has 0 saturated carbocycles. The van der Waals surface area contributed by atoms with Crippen LogP contribution in [0.2, 0.25) is 5.02 Å². The number of para-hydroxylation sites is 1. The molecule has 1 amide bonds. The molecule has 0 aliphatic carbocycles. The Morgan fingerprint density at radius 3 is 2.67 bits per heavy atom. The van der Waals surface area contributed by atoms with Gasteiger partial charge in [-0.3, -0.25) is 9.59 Å². The quantitative estimate of drug-likeness (QED) is 0.197. The van der Waals surface area contributed by atoms with Gasteiger partial charge in [-0.25, -0.2) is 4.98 Å². The van der Waals surface area contributed by atoms with E-state index in [1.54, 1.807) is 30.3 Å². The predicted molar refractivity (Wildman–Crippen MR) is 158 cm³/mol. The van der Waals surface area contributed by atoms with Gasteiger partial charge in [-0.1, -0.05) is 59.1 Å². The zero-order valence-electron chi connectivity index (χ0n) is 21.6. The predicted octanol–water partition coefficient (Wildman–Crippen LogP) is 6.45. The number of nitrogens with one attached hydrogen (secondary N) is 1. The molecule has 0 atom stereocenters. The highest BCUT2D eigenvalue weighted by Gasteiger charge is 2.15. The van der Waals surface area contributed by atoms with Gasteiger partial charge in [-0.05, 0) is 61.4 Å². The van der Waals surface area contributed by atoms with Crippen molar-refractivity contribution in [2.75, 3.05) is 18.5 Å². The number of carbonyl (C=O) groups excluding carboxylic acids is 1. The van der Waals surface area contributed by atoms with Crippen molar-refractivity contribution in [3.63, 3.8) is 0 Å². The average Bonchev–Trinajstić information content (AvgIpc) is 2.92. The van der Waals surface area contributed by atoms with Crippen molar-refractivity contribution >= 4 is 56.2 Å². The van der Waals surface area contributed by atoms with Gasteiger partial charge in [0.2, 0.25) is 0 Å². The highest BCUT2D eigenvalue weighted by molar-refractivity contribution is 9.10. The first kappa shape index (κ1) is 28.3. The molecule has 0 spiro atoms. The van der Waals surface area contributed by atoms with Gasteiger partial charge >= 0.3 is 0 Å². The summed E-state index contributed by atoms with van der Waals surface area (Å²) < 4.78 is 13.6. The van der Waals surface area contributed by atoms with Gasteiger partial charge in [0.1, 0.15) is 5.82 Å². The number of aromatic nitrogens is 2. The molecule has 39 heavy (non-hydrogen) atoms. The normalized spacial score (nSPS) is 11.2. The first-order valence-corrected chi connectivity index (χ1v) is 13.8. The minimum absolute atomic E-state index is 0.244. The highest BCUT2D eigenvalue weighted by atomic mass is 79.9. The van der Waals surface area contributed by atoms with Crippen molar-refractivity contribution in [1.82, 2.24) is 9.66 Å². The number of anilines is 1. The molecule has 0 unspecified atom stereocenters. The number of aryl methyl sites for hydroxylation is 1. The summed E-state index contributed by atoms with van der Waals surface area (Å²) in [6.07, 6.45) is 3.96. The van der Waals surface area contributed by atoms with Crippen molar-refractivity contribution in [2.24, 2.45) is 5.10 Å². The summed E-state index contributed by atoms with van der Waals surface area (Å²) in [5, 5.41) is 7.96. The van der Waals surface area contributed by atoms with E-state index in [1.165, 1.54) is 10.9 Å². The number of halogens is 2. The lowest BCUT2D eigenvalue weighted by molar-refractivity contribution is -0.118. The lowest BCUT2D eigenvalue weighted by Crippen LogP contribution is -2.22. The summed E-state index contributed by atoms with van der Waals surface area (Å²) in [6.45, 7) is 4.01. The number of amides is 1. The summed E-state index contributed by atoms with van der Waals surface area (Å²) in [7, 11) is 0. The number of benzene rings is 3. The van der Waals surface area contributed by atoms with Crippen molar-refractivity contribution in [3.8, 4) is 11.5 Å². The molecule has 0 fully saturated rings. The maximum Gasteiger partial charge on any atom is 0.282 e. The summed E-state index contributed by atoms with van der Waals surface area (Å²) >= 11 is 9.96. The fourth-order valence-electron chi connectivity index (χ4n) is 3.86.